The molecule has 0 spiro atoms. The number of carbonyl (C=O) groups is 1. The van der Waals surface area contributed by atoms with Gasteiger partial charge in [-0.25, -0.2) is 0 Å². The third-order valence-corrected chi connectivity index (χ3v) is 2.39. The van der Waals surface area contributed by atoms with Crippen molar-refractivity contribution in [2.45, 2.75) is 18.9 Å². The number of aromatic amines is 1. The van der Waals surface area contributed by atoms with Crippen LogP contribution < -0.4 is 0 Å². The van der Waals surface area contributed by atoms with Crippen LogP contribution in [0.4, 0.5) is 5.82 Å². The highest BCUT2D eigenvalue weighted by Gasteiger charge is 2.16. The van der Waals surface area contributed by atoms with Gasteiger partial charge in [-0.15, -0.1) is 0 Å². The number of hydrogen-bond donors (Lipinski definition) is 1. The van der Waals surface area contributed by atoms with E-state index >= 15 is 0 Å². The largest absolute Gasteiger partial charge is 0.464 e. The van der Waals surface area contributed by atoms with Gasteiger partial charge in [0.25, 0.3) is 6.47 Å². The lowest BCUT2D eigenvalue weighted by atomic mass is 10.1. The van der Waals surface area contributed by atoms with Crippen molar-refractivity contribution < 1.29 is 14.5 Å². The molecule has 0 fully saturated rings. The van der Waals surface area contributed by atoms with Crippen molar-refractivity contribution in [3.8, 4) is 0 Å². The zero-order chi connectivity index (χ0) is 12.0. The van der Waals surface area contributed by atoms with Gasteiger partial charge in [-0.2, -0.15) is 5.10 Å². The molecule has 8 heteroatoms. The number of H-pyrrole nitrogens is 1. The molecule has 7 nitrogen and oxygen atoms in total. The fourth-order valence-corrected chi connectivity index (χ4v) is 1.72. The van der Waals surface area contributed by atoms with E-state index in [2.05, 4.69) is 26.1 Å². The van der Waals surface area contributed by atoms with Crippen LogP contribution in [0.5, 0.6) is 0 Å². The average molecular weight is 292 g/mol. The van der Waals surface area contributed by atoms with E-state index in [1.165, 1.54) is 6.07 Å². The molecule has 16 heavy (non-hydrogen) atoms. The van der Waals surface area contributed by atoms with Gasteiger partial charge in [0, 0.05) is 11.8 Å². The molecule has 1 aromatic heterocycles. The summed E-state index contributed by atoms with van der Waals surface area (Å²) in [4.78, 5) is 20.0. The van der Waals surface area contributed by atoms with E-state index in [9.17, 15) is 14.9 Å². The van der Waals surface area contributed by atoms with Gasteiger partial charge < -0.3 is 14.9 Å². The Kier molecular flexibility index (Phi) is 4.90. The second-order valence-electron chi connectivity index (χ2n) is 3.04. The molecule has 1 atom stereocenters. The van der Waals surface area contributed by atoms with Gasteiger partial charge in [0.2, 0.25) is 0 Å². The van der Waals surface area contributed by atoms with Gasteiger partial charge in [-0.05, 0) is 11.3 Å². The highest BCUT2D eigenvalue weighted by molar-refractivity contribution is 9.09. The molecule has 1 N–H and O–H groups in total. The van der Waals surface area contributed by atoms with E-state index in [-0.39, 0.29) is 11.9 Å². The van der Waals surface area contributed by atoms with E-state index in [4.69, 9.17) is 4.74 Å². The Morgan fingerprint density at radius 3 is 3.00 bits per heavy atom. The first-order valence-electron chi connectivity index (χ1n) is 4.51. The molecule has 1 heterocycles. The number of ether oxygens (including phenoxy) is 1. The Bertz CT molecular complexity index is 368. The second kappa shape index (κ2) is 6.21. The third kappa shape index (κ3) is 3.61. The molecule has 0 saturated heterocycles. The Hall–Kier alpha value is -1.44. The highest BCUT2D eigenvalue weighted by atomic mass is 79.9. The molecule has 0 saturated carbocycles. The lowest BCUT2D eigenvalue weighted by Gasteiger charge is -2.11. The molecule has 0 amide bonds. The Morgan fingerprint density at radius 2 is 2.50 bits per heavy atom. The van der Waals surface area contributed by atoms with E-state index < -0.39 is 4.92 Å². The molecule has 88 valence electrons. The maximum atomic E-state index is 10.4. The zero-order valence-electron chi connectivity index (χ0n) is 8.26. The Labute approximate surface area is 99.4 Å². The quantitative estimate of drug-likeness (QED) is 0.352. The molecule has 1 unspecified atom stereocenters. The minimum Gasteiger partial charge on any atom is -0.464 e. The second-order valence-corrected chi connectivity index (χ2v) is 3.84. The van der Waals surface area contributed by atoms with Crippen LogP contribution in [0.15, 0.2) is 6.07 Å². The number of nitro groups is 1. The molecule has 1 aromatic rings. The van der Waals surface area contributed by atoms with Crippen LogP contribution in [0, 0.1) is 10.1 Å². The summed E-state index contributed by atoms with van der Waals surface area (Å²) in [7, 11) is 0. The Morgan fingerprint density at radius 1 is 1.75 bits per heavy atom. The number of alkyl halides is 1. The van der Waals surface area contributed by atoms with Crippen LogP contribution in [0.1, 0.15) is 12.1 Å². The SMILES string of the molecule is O=COC(CCBr)Cc1cc([N+](=O)[O-])n[nH]1. The summed E-state index contributed by atoms with van der Waals surface area (Å²) < 4.78 is 4.83. The van der Waals surface area contributed by atoms with Crippen LogP contribution in [-0.2, 0) is 16.0 Å². The summed E-state index contributed by atoms with van der Waals surface area (Å²) in [6.45, 7) is 0.373. The topological polar surface area (TPSA) is 98.1 Å². The molecule has 0 aliphatic heterocycles. The molecule has 0 bridgehead atoms. The number of nitrogens with one attached hydrogen (secondary N) is 1. The summed E-state index contributed by atoms with van der Waals surface area (Å²) in [6.07, 6.45) is 0.702. The van der Waals surface area contributed by atoms with Crippen molar-refractivity contribution in [1.29, 1.82) is 0 Å². The zero-order valence-corrected chi connectivity index (χ0v) is 9.84. The van der Waals surface area contributed by atoms with E-state index in [1.807, 2.05) is 0 Å². The van der Waals surface area contributed by atoms with Gasteiger partial charge in [-0.1, -0.05) is 15.9 Å². The van der Waals surface area contributed by atoms with Crippen LogP contribution in [0.25, 0.3) is 0 Å². The van der Waals surface area contributed by atoms with E-state index in [1.54, 1.807) is 0 Å². The normalized spacial score (nSPS) is 12.1. The van der Waals surface area contributed by atoms with Crippen molar-refractivity contribution >= 4 is 28.2 Å². The minimum absolute atomic E-state index is 0.237. The van der Waals surface area contributed by atoms with Crippen LogP contribution >= 0.6 is 15.9 Å². The smallest absolute Gasteiger partial charge is 0.389 e. The molecule has 0 aromatic carbocycles. The number of hydrogen-bond acceptors (Lipinski definition) is 5. The van der Waals surface area contributed by atoms with Crippen molar-refractivity contribution in [3.05, 3.63) is 21.9 Å². The highest BCUT2D eigenvalue weighted by Crippen LogP contribution is 2.12. The molecular weight excluding hydrogens is 282 g/mol. The standard InChI is InChI=1S/C8H10BrN3O4/c9-2-1-7(16-5-13)3-6-4-8(11-10-6)12(14)15/h4-5,7H,1-3H2,(H,10,11). The predicted octanol–water partition coefficient (Wildman–Crippen LogP) is 1.19. The number of halogens is 1. The van der Waals surface area contributed by atoms with Crippen molar-refractivity contribution in [1.82, 2.24) is 10.2 Å². The summed E-state index contributed by atoms with van der Waals surface area (Å²) >= 11 is 3.23. The molecule has 0 radical (unpaired) electrons. The van der Waals surface area contributed by atoms with Gasteiger partial charge in [-0.3, -0.25) is 4.79 Å². The number of rotatable bonds is 7. The van der Waals surface area contributed by atoms with Gasteiger partial charge in [0.15, 0.2) is 0 Å². The minimum atomic E-state index is -0.583. The predicted molar refractivity (Wildman–Crippen MR) is 58.3 cm³/mol. The van der Waals surface area contributed by atoms with Crippen LogP contribution in [0.3, 0.4) is 0 Å². The molecule has 0 aliphatic carbocycles. The number of nitrogens with zero attached hydrogens (tertiary/aromatic N) is 2. The van der Waals surface area contributed by atoms with Crippen LogP contribution in [-0.4, -0.2) is 33.0 Å². The van der Waals surface area contributed by atoms with Gasteiger partial charge in [0.05, 0.1) is 16.9 Å². The van der Waals surface area contributed by atoms with Crippen molar-refractivity contribution in [2.75, 3.05) is 5.33 Å². The van der Waals surface area contributed by atoms with Crippen molar-refractivity contribution in [2.24, 2.45) is 0 Å². The lowest BCUT2D eigenvalue weighted by Crippen LogP contribution is -2.16. The van der Waals surface area contributed by atoms with Crippen LogP contribution in [0.2, 0.25) is 0 Å². The number of carbonyl (C=O) groups excluding carboxylic acids is 1. The summed E-state index contributed by atoms with van der Waals surface area (Å²) in [5, 5.41) is 17.1. The average Bonchev–Trinajstić information content (AvgIpc) is 2.67. The first-order valence-corrected chi connectivity index (χ1v) is 5.63. The molecule has 0 aliphatic rings. The van der Waals surface area contributed by atoms with Gasteiger partial charge in [0.1, 0.15) is 6.10 Å². The van der Waals surface area contributed by atoms with E-state index in [0.29, 0.717) is 30.3 Å². The summed E-state index contributed by atoms with van der Waals surface area (Å²) in [5.74, 6) is -0.237. The van der Waals surface area contributed by atoms with Crippen molar-refractivity contribution in [3.63, 3.8) is 0 Å². The fourth-order valence-electron chi connectivity index (χ4n) is 1.21. The maximum Gasteiger partial charge on any atom is 0.389 e. The summed E-state index contributed by atoms with van der Waals surface area (Å²) in [5.41, 5.74) is 0.569. The number of aromatic nitrogens is 2. The first kappa shape index (κ1) is 12.6. The summed E-state index contributed by atoms with van der Waals surface area (Å²) in [6, 6.07) is 1.33. The lowest BCUT2D eigenvalue weighted by molar-refractivity contribution is -0.389. The third-order valence-electron chi connectivity index (χ3n) is 1.93. The monoisotopic (exact) mass is 291 g/mol. The molecule has 1 rings (SSSR count). The first-order chi connectivity index (χ1) is 7.67. The maximum absolute atomic E-state index is 10.4. The van der Waals surface area contributed by atoms with Gasteiger partial charge >= 0.3 is 5.82 Å². The Balaban J connectivity index is 2.61. The fraction of sp³-hybridized carbons (Fsp3) is 0.500. The van der Waals surface area contributed by atoms with E-state index in [0.717, 1.165) is 0 Å². The molecular formula is C8H10BrN3O4.